The molecule has 1 N–H and O–H groups in total. The second kappa shape index (κ2) is 7.32. The second-order valence-electron chi connectivity index (χ2n) is 4.42. The first-order chi connectivity index (χ1) is 9.60. The number of hydrogen-bond donors (Lipinski definition) is 1. The van der Waals surface area contributed by atoms with Crippen molar-refractivity contribution in [2.75, 3.05) is 6.54 Å². The third kappa shape index (κ3) is 4.13. The second-order valence-corrected chi connectivity index (χ2v) is 6.30. The van der Waals surface area contributed by atoms with Crippen molar-refractivity contribution in [1.82, 2.24) is 10.3 Å². The minimum Gasteiger partial charge on any atom is -0.313 e. The van der Waals surface area contributed by atoms with Crippen LogP contribution in [-0.4, -0.2) is 11.5 Å². The van der Waals surface area contributed by atoms with Crippen LogP contribution in [0, 0.1) is 6.92 Å². The molecule has 0 aliphatic heterocycles. The molecule has 0 bridgehead atoms. The summed E-state index contributed by atoms with van der Waals surface area (Å²) in [6.45, 7) is 5.97. The van der Waals surface area contributed by atoms with E-state index in [2.05, 4.69) is 30.2 Å². The normalized spacial score (nSPS) is 10.8. The number of halogens is 2. The molecule has 0 aliphatic rings. The highest BCUT2D eigenvalue weighted by atomic mass is 35.5. The van der Waals surface area contributed by atoms with Crippen LogP contribution in [0.1, 0.15) is 18.1 Å². The fourth-order valence-electron chi connectivity index (χ4n) is 1.75. The zero-order valence-electron chi connectivity index (χ0n) is 11.4. The molecule has 0 aliphatic carbocycles. The van der Waals surface area contributed by atoms with Crippen LogP contribution in [-0.2, 0) is 6.54 Å². The summed E-state index contributed by atoms with van der Waals surface area (Å²) in [6, 6.07) is 7.78. The maximum Gasteiger partial charge on any atom is 0.104 e. The third-order valence-corrected chi connectivity index (χ3v) is 4.62. The largest absolute Gasteiger partial charge is 0.313 e. The molecule has 0 saturated carbocycles. The van der Waals surface area contributed by atoms with Gasteiger partial charge in [-0.3, -0.25) is 0 Å². The molecule has 0 saturated heterocycles. The van der Waals surface area contributed by atoms with E-state index in [0.29, 0.717) is 10.0 Å². The van der Waals surface area contributed by atoms with Gasteiger partial charge in [-0.25, -0.2) is 4.98 Å². The van der Waals surface area contributed by atoms with Gasteiger partial charge < -0.3 is 5.32 Å². The van der Waals surface area contributed by atoms with Gasteiger partial charge in [0.25, 0.3) is 0 Å². The molecule has 1 heterocycles. The molecule has 106 valence electrons. The molecule has 0 amide bonds. The summed E-state index contributed by atoms with van der Waals surface area (Å²) >= 11 is 13.5. The molecule has 1 aromatic carbocycles. The number of nitrogens with zero attached hydrogens (tertiary/aromatic N) is 1. The summed E-state index contributed by atoms with van der Waals surface area (Å²) in [4.78, 5) is 5.56. The van der Waals surface area contributed by atoms with E-state index in [9.17, 15) is 0 Å². The first kappa shape index (κ1) is 15.6. The Kier molecular flexibility index (Phi) is 5.73. The molecule has 20 heavy (non-hydrogen) atoms. The van der Waals surface area contributed by atoms with Gasteiger partial charge in [-0.15, -0.1) is 0 Å². The van der Waals surface area contributed by atoms with Crippen molar-refractivity contribution >= 4 is 35.0 Å². The first-order valence-electron chi connectivity index (χ1n) is 6.39. The Morgan fingerprint density at radius 1 is 1.20 bits per heavy atom. The zero-order valence-corrected chi connectivity index (χ0v) is 13.7. The van der Waals surface area contributed by atoms with E-state index in [-0.39, 0.29) is 0 Å². The lowest BCUT2D eigenvalue weighted by atomic mass is 10.2. The molecule has 2 rings (SSSR count). The number of hydrogen-bond acceptors (Lipinski definition) is 3. The van der Waals surface area contributed by atoms with Gasteiger partial charge in [0, 0.05) is 17.6 Å². The van der Waals surface area contributed by atoms with Gasteiger partial charge in [-0.1, -0.05) is 48.0 Å². The van der Waals surface area contributed by atoms with Crippen LogP contribution in [0.25, 0.3) is 0 Å². The van der Waals surface area contributed by atoms with Gasteiger partial charge in [0.05, 0.1) is 10.0 Å². The van der Waals surface area contributed by atoms with E-state index in [1.807, 2.05) is 18.3 Å². The van der Waals surface area contributed by atoms with Crippen LogP contribution < -0.4 is 5.32 Å². The van der Waals surface area contributed by atoms with Gasteiger partial charge in [0.2, 0.25) is 0 Å². The standard InChI is InChI=1S/C15H16Cl2N2S/c1-3-18-8-11-6-10(2)15(19-9-11)20-12-4-5-13(16)14(17)7-12/h4-7,9,18H,3,8H2,1-2H3. The number of aryl methyl sites for hydroxylation is 1. The number of rotatable bonds is 5. The number of aromatic nitrogens is 1. The van der Waals surface area contributed by atoms with Gasteiger partial charge >= 0.3 is 0 Å². The Hall–Kier alpha value is -0.740. The molecule has 0 radical (unpaired) electrons. The van der Waals surface area contributed by atoms with E-state index < -0.39 is 0 Å². The lowest BCUT2D eigenvalue weighted by molar-refractivity contribution is 0.721. The lowest BCUT2D eigenvalue weighted by Crippen LogP contribution is -2.12. The molecule has 0 fully saturated rings. The summed E-state index contributed by atoms with van der Waals surface area (Å²) in [7, 11) is 0. The van der Waals surface area contributed by atoms with Gasteiger partial charge in [-0.05, 0) is 42.8 Å². The van der Waals surface area contributed by atoms with Crippen molar-refractivity contribution in [1.29, 1.82) is 0 Å². The maximum absolute atomic E-state index is 6.03. The summed E-state index contributed by atoms with van der Waals surface area (Å²) in [5.74, 6) is 0. The Morgan fingerprint density at radius 3 is 2.65 bits per heavy atom. The fraction of sp³-hybridized carbons (Fsp3) is 0.267. The average Bonchev–Trinajstić information content (AvgIpc) is 2.43. The molecule has 5 heteroatoms. The van der Waals surface area contributed by atoms with Crippen LogP contribution in [0.4, 0.5) is 0 Å². The van der Waals surface area contributed by atoms with Crippen molar-refractivity contribution in [2.24, 2.45) is 0 Å². The maximum atomic E-state index is 6.03. The van der Waals surface area contributed by atoms with E-state index in [1.165, 1.54) is 5.56 Å². The van der Waals surface area contributed by atoms with Crippen LogP contribution >= 0.6 is 35.0 Å². The topological polar surface area (TPSA) is 24.9 Å². The van der Waals surface area contributed by atoms with E-state index >= 15 is 0 Å². The van der Waals surface area contributed by atoms with Crippen molar-refractivity contribution in [3.8, 4) is 0 Å². The zero-order chi connectivity index (χ0) is 14.5. The summed E-state index contributed by atoms with van der Waals surface area (Å²) in [5.41, 5.74) is 2.36. The highest BCUT2D eigenvalue weighted by Crippen LogP contribution is 2.33. The number of nitrogens with one attached hydrogen (secondary N) is 1. The van der Waals surface area contributed by atoms with Crippen LogP contribution in [0.2, 0.25) is 10.0 Å². The minimum atomic E-state index is 0.568. The smallest absolute Gasteiger partial charge is 0.104 e. The Balaban J connectivity index is 2.14. The molecule has 1 aromatic heterocycles. The monoisotopic (exact) mass is 326 g/mol. The summed E-state index contributed by atoms with van der Waals surface area (Å²) in [5, 5.41) is 5.42. The third-order valence-electron chi connectivity index (χ3n) is 2.77. The van der Waals surface area contributed by atoms with Gasteiger partial charge in [-0.2, -0.15) is 0 Å². The summed E-state index contributed by atoms with van der Waals surface area (Å²) < 4.78 is 0. The van der Waals surface area contributed by atoms with Crippen molar-refractivity contribution < 1.29 is 0 Å². The van der Waals surface area contributed by atoms with E-state index in [4.69, 9.17) is 23.2 Å². The Morgan fingerprint density at radius 2 is 2.00 bits per heavy atom. The quantitative estimate of drug-likeness (QED) is 0.840. The van der Waals surface area contributed by atoms with Crippen LogP contribution in [0.3, 0.4) is 0 Å². The van der Waals surface area contributed by atoms with Crippen molar-refractivity contribution in [2.45, 2.75) is 30.3 Å². The summed E-state index contributed by atoms with van der Waals surface area (Å²) in [6.07, 6.45) is 1.91. The number of pyridine rings is 1. The average molecular weight is 327 g/mol. The molecule has 0 unspecified atom stereocenters. The van der Waals surface area contributed by atoms with Crippen LogP contribution in [0.5, 0.6) is 0 Å². The predicted octanol–water partition coefficient (Wildman–Crippen LogP) is 4.96. The van der Waals surface area contributed by atoms with Crippen LogP contribution in [0.15, 0.2) is 40.4 Å². The number of benzene rings is 1. The molecule has 0 atom stereocenters. The Labute approximate surface area is 133 Å². The molecule has 0 spiro atoms. The van der Waals surface area contributed by atoms with E-state index in [0.717, 1.165) is 28.6 Å². The van der Waals surface area contributed by atoms with Gasteiger partial charge in [0.15, 0.2) is 0 Å². The SMILES string of the molecule is CCNCc1cnc(Sc2ccc(Cl)c(Cl)c2)c(C)c1. The fourth-order valence-corrected chi connectivity index (χ4v) is 2.97. The predicted molar refractivity (Wildman–Crippen MR) is 86.9 cm³/mol. The minimum absolute atomic E-state index is 0.568. The molecule has 2 aromatic rings. The van der Waals surface area contributed by atoms with Crippen molar-refractivity contribution in [3.05, 3.63) is 51.6 Å². The Bertz CT molecular complexity index is 602. The van der Waals surface area contributed by atoms with Gasteiger partial charge in [0.1, 0.15) is 5.03 Å². The first-order valence-corrected chi connectivity index (χ1v) is 7.96. The molecule has 2 nitrogen and oxygen atoms in total. The lowest BCUT2D eigenvalue weighted by Gasteiger charge is -2.08. The highest BCUT2D eigenvalue weighted by Gasteiger charge is 2.06. The van der Waals surface area contributed by atoms with E-state index in [1.54, 1.807) is 17.8 Å². The molecular formula is C15H16Cl2N2S. The molecular weight excluding hydrogens is 311 g/mol. The highest BCUT2D eigenvalue weighted by molar-refractivity contribution is 7.99. The van der Waals surface area contributed by atoms with Crippen molar-refractivity contribution in [3.63, 3.8) is 0 Å².